The maximum atomic E-state index is 12.4. The monoisotopic (exact) mass is 440 g/mol. The van der Waals surface area contributed by atoms with Crippen LogP contribution in [0, 0.1) is 0 Å². The molecule has 0 spiro atoms. The lowest BCUT2D eigenvalue weighted by molar-refractivity contribution is 0.103. The van der Waals surface area contributed by atoms with E-state index in [0.717, 1.165) is 35.4 Å². The van der Waals surface area contributed by atoms with E-state index in [2.05, 4.69) is 6.08 Å². The van der Waals surface area contributed by atoms with Gasteiger partial charge in [0.15, 0.2) is 5.78 Å². The first-order chi connectivity index (χ1) is 14.7. The molecule has 2 aromatic rings. The van der Waals surface area contributed by atoms with Crippen molar-refractivity contribution < 1.29 is 23.9 Å². The van der Waals surface area contributed by atoms with Gasteiger partial charge in [-0.2, -0.15) is 0 Å². The third-order valence-electron chi connectivity index (χ3n) is 4.54. The molecule has 0 aliphatic rings. The summed E-state index contributed by atoms with van der Waals surface area (Å²) in [6.45, 7) is 4.92. The summed E-state index contributed by atoms with van der Waals surface area (Å²) in [7, 11) is -4.09. The van der Waals surface area contributed by atoms with Crippen molar-refractivity contribution in [1.82, 2.24) is 0 Å². The number of ether oxygens (including phenoxy) is 1. The van der Waals surface area contributed by atoms with E-state index in [0.29, 0.717) is 24.3 Å². The number of rotatable bonds is 11. The minimum Gasteiger partial charge on any atom is -0.372 e. The van der Waals surface area contributed by atoms with Gasteiger partial charge in [0, 0.05) is 16.9 Å². The second kappa shape index (κ2) is 12.3. The Morgan fingerprint density at radius 1 is 0.968 bits per heavy atom. The third-order valence-corrected chi connectivity index (χ3v) is 5.10. The lowest BCUT2D eigenvalue weighted by Crippen LogP contribution is -2.02. The fraction of sp³-hybridized carbons (Fsp3) is 0.240. The molecule has 0 amide bonds. The van der Waals surface area contributed by atoms with Crippen molar-refractivity contribution >= 4 is 13.4 Å². The summed E-state index contributed by atoms with van der Waals surface area (Å²) in [5.41, 5.74) is 4.50. The molecule has 0 aliphatic heterocycles. The molecular weight excluding hydrogens is 411 g/mol. The van der Waals surface area contributed by atoms with E-state index in [9.17, 15) is 9.36 Å². The molecule has 2 N–H and O–H groups in total. The molecule has 164 valence electrons. The van der Waals surface area contributed by atoms with E-state index in [1.165, 1.54) is 6.08 Å². The van der Waals surface area contributed by atoms with Crippen LogP contribution in [0.3, 0.4) is 0 Å². The fourth-order valence-electron chi connectivity index (χ4n) is 2.85. The van der Waals surface area contributed by atoms with Gasteiger partial charge in [-0.3, -0.25) is 9.36 Å². The van der Waals surface area contributed by atoms with Crippen LogP contribution in [0.4, 0.5) is 0 Å². The van der Waals surface area contributed by atoms with Crippen LogP contribution in [0.25, 0.3) is 0 Å². The second-order valence-electron chi connectivity index (χ2n) is 7.42. The molecule has 2 rings (SSSR count). The molecule has 6 heteroatoms. The van der Waals surface area contributed by atoms with Gasteiger partial charge < -0.3 is 14.5 Å². The Kier molecular flexibility index (Phi) is 9.83. The van der Waals surface area contributed by atoms with Gasteiger partial charge in [-0.05, 0) is 32.3 Å². The Balaban J connectivity index is 1.74. The predicted octanol–water partition coefficient (Wildman–Crippen LogP) is 5.80. The Labute approximate surface area is 183 Å². The van der Waals surface area contributed by atoms with Gasteiger partial charge in [-0.1, -0.05) is 84.0 Å². The molecule has 0 saturated heterocycles. The van der Waals surface area contributed by atoms with Crippen molar-refractivity contribution in [2.45, 2.75) is 33.3 Å². The molecule has 0 heterocycles. The van der Waals surface area contributed by atoms with E-state index in [1.54, 1.807) is 6.08 Å². The molecule has 0 aromatic heterocycles. The highest BCUT2D eigenvalue weighted by Gasteiger charge is 2.08. The molecular formula is C25H29O5P. The van der Waals surface area contributed by atoms with Crippen molar-refractivity contribution in [2.24, 2.45) is 0 Å². The van der Waals surface area contributed by atoms with E-state index in [4.69, 9.17) is 14.5 Å². The summed E-state index contributed by atoms with van der Waals surface area (Å²) in [5.74, 6) is 0.906. The maximum absolute atomic E-state index is 12.4. The normalized spacial score (nSPS) is 13.0. The molecule has 0 aliphatic carbocycles. The molecule has 0 atom stereocenters. The number of carbonyl (C=O) groups is 1. The van der Waals surface area contributed by atoms with Gasteiger partial charge >= 0.3 is 7.60 Å². The predicted molar refractivity (Wildman–Crippen MR) is 124 cm³/mol. The number of hydrogen-bond acceptors (Lipinski definition) is 3. The third kappa shape index (κ3) is 9.86. The maximum Gasteiger partial charge on any atom is 0.349 e. The first kappa shape index (κ1) is 24.7. The lowest BCUT2D eigenvalue weighted by atomic mass is 10.0. The number of benzene rings is 2. The summed E-state index contributed by atoms with van der Waals surface area (Å²) in [4.78, 5) is 30.0. The van der Waals surface area contributed by atoms with Crippen molar-refractivity contribution in [3.8, 4) is 0 Å². The molecule has 0 radical (unpaired) electrons. The number of allylic oxidation sites excluding steroid dienone is 4. The van der Waals surface area contributed by atoms with Crippen molar-refractivity contribution in [3.63, 3.8) is 0 Å². The SMILES string of the molecule is CC(=CCC/C(C)=C/C=C/P(=O)(O)O)COCc1ccc(C(=O)c2ccccc2)cc1. The zero-order chi connectivity index (χ0) is 22.7. The zero-order valence-corrected chi connectivity index (χ0v) is 18.8. The Bertz CT molecular complexity index is 982. The lowest BCUT2D eigenvalue weighted by Gasteiger charge is -2.07. The minimum atomic E-state index is -4.09. The number of carbonyl (C=O) groups excluding carboxylic acids is 1. The molecule has 31 heavy (non-hydrogen) atoms. The molecule has 0 saturated carbocycles. The summed E-state index contributed by atoms with van der Waals surface area (Å²) in [5, 5.41) is 0. The van der Waals surface area contributed by atoms with Crippen LogP contribution in [0.1, 0.15) is 48.2 Å². The van der Waals surface area contributed by atoms with Crippen LogP contribution in [0.2, 0.25) is 0 Å². The smallest absolute Gasteiger partial charge is 0.349 e. The summed E-state index contributed by atoms with van der Waals surface area (Å²) in [6, 6.07) is 16.7. The van der Waals surface area contributed by atoms with Crippen LogP contribution >= 0.6 is 7.60 Å². The topological polar surface area (TPSA) is 83.8 Å². The quantitative estimate of drug-likeness (QED) is 0.200. The molecule has 0 unspecified atom stereocenters. The van der Waals surface area contributed by atoms with Crippen LogP contribution in [0.15, 0.2) is 89.8 Å². The average Bonchev–Trinajstić information content (AvgIpc) is 2.73. The Morgan fingerprint density at radius 2 is 1.61 bits per heavy atom. The number of ketones is 1. The standard InChI is InChI=1S/C25H29O5P/c1-20(10-7-17-31(27,28)29)8-6-9-21(2)18-30-19-22-13-15-24(16-14-22)25(26)23-11-4-3-5-12-23/h3-5,7,9-17H,6,8,18-19H2,1-2H3,(H2,27,28,29)/b17-7+,20-10+,21-9?. The number of hydrogen-bond donors (Lipinski definition) is 2. The largest absolute Gasteiger partial charge is 0.372 e. The van der Waals surface area contributed by atoms with E-state index < -0.39 is 7.60 Å². The first-order valence-corrected chi connectivity index (χ1v) is 11.7. The van der Waals surface area contributed by atoms with Gasteiger partial charge in [0.1, 0.15) is 0 Å². The summed E-state index contributed by atoms with van der Waals surface area (Å²) >= 11 is 0. The van der Waals surface area contributed by atoms with Gasteiger partial charge in [-0.15, -0.1) is 0 Å². The average molecular weight is 440 g/mol. The zero-order valence-electron chi connectivity index (χ0n) is 17.9. The highest BCUT2D eigenvalue weighted by Crippen LogP contribution is 2.35. The van der Waals surface area contributed by atoms with Crippen LogP contribution in [-0.4, -0.2) is 22.2 Å². The van der Waals surface area contributed by atoms with Crippen molar-refractivity contribution in [3.05, 3.63) is 106 Å². The molecule has 0 bridgehead atoms. The van der Waals surface area contributed by atoms with Crippen LogP contribution in [-0.2, 0) is 15.9 Å². The highest BCUT2D eigenvalue weighted by molar-refractivity contribution is 7.55. The summed E-state index contributed by atoms with van der Waals surface area (Å²) in [6.07, 6.45) is 6.85. The molecule has 2 aromatic carbocycles. The van der Waals surface area contributed by atoms with E-state index in [1.807, 2.05) is 68.4 Å². The summed E-state index contributed by atoms with van der Waals surface area (Å²) < 4.78 is 16.5. The highest BCUT2D eigenvalue weighted by atomic mass is 31.2. The van der Waals surface area contributed by atoms with Crippen LogP contribution < -0.4 is 0 Å². The van der Waals surface area contributed by atoms with Crippen LogP contribution in [0.5, 0.6) is 0 Å². The van der Waals surface area contributed by atoms with Crippen molar-refractivity contribution in [1.29, 1.82) is 0 Å². The van der Waals surface area contributed by atoms with Gasteiger partial charge in [0.2, 0.25) is 0 Å². The van der Waals surface area contributed by atoms with Gasteiger partial charge in [0.25, 0.3) is 0 Å². The Hall–Kier alpha value is -2.56. The van der Waals surface area contributed by atoms with E-state index >= 15 is 0 Å². The van der Waals surface area contributed by atoms with E-state index in [-0.39, 0.29) is 5.78 Å². The fourth-order valence-corrected chi connectivity index (χ4v) is 3.16. The second-order valence-corrected chi connectivity index (χ2v) is 8.89. The minimum absolute atomic E-state index is 0.00779. The van der Waals surface area contributed by atoms with Gasteiger partial charge in [-0.25, -0.2) is 0 Å². The van der Waals surface area contributed by atoms with Crippen molar-refractivity contribution in [2.75, 3.05) is 6.61 Å². The molecule has 0 fully saturated rings. The molecule has 5 nitrogen and oxygen atoms in total. The first-order valence-electron chi connectivity index (χ1n) is 10.1. The Morgan fingerprint density at radius 3 is 2.26 bits per heavy atom. The van der Waals surface area contributed by atoms with Gasteiger partial charge in [0.05, 0.1) is 13.2 Å².